The molecule has 3 rings (SSSR count). The van der Waals surface area contributed by atoms with Gasteiger partial charge in [-0.25, -0.2) is 0 Å². The monoisotopic (exact) mass is 419 g/mol. The van der Waals surface area contributed by atoms with E-state index in [-0.39, 0.29) is 22.6 Å². The Morgan fingerprint density at radius 2 is 1.84 bits per heavy atom. The van der Waals surface area contributed by atoms with Gasteiger partial charge in [0, 0.05) is 15.5 Å². The van der Waals surface area contributed by atoms with Crippen LogP contribution in [0.3, 0.4) is 0 Å². The van der Waals surface area contributed by atoms with E-state index in [4.69, 9.17) is 50.8 Å². The standard InChI is InChI=1S/C18H17Cl4NO2/c1-18(2,8-24)23-16-9-5-3-4-6-12(9)25-17(16)10-7-11(19)14(21)15(22)13(10)20/h3-6,10,23-24H,7-8H2,1-2H3. The largest absolute Gasteiger partial charge is 0.458 e. The highest BCUT2D eigenvalue weighted by molar-refractivity contribution is 6.51. The van der Waals surface area contributed by atoms with Gasteiger partial charge < -0.3 is 14.8 Å². The van der Waals surface area contributed by atoms with E-state index < -0.39 is 5.54 Å². The second-order valence-electron chi connectivity index (χ2n) is 6.64. The topological polar surface area (TPSA) is 45.4 Å². The fraction of sp³-hybridized carbons (Fsp3) is 0.333. The number of hydrogen-bond donors (Lipinski definition) is 2. The van der Waals surface area contributed by atoms with Crippen molar-refractivity contribution in [3.05, 3.63) is 50.2 Å². The van der Waals surface area contributed by atoms with Crippen LogP contribution in [0.15, 0.2) is 48.8 Å². The van der Waals surface area contributed by atoms with Gasteiger partial charge >= 0.3 is 0 Å². The van der Waals surface area contributed by atoms with Crippen molar-refractivity contribution in [1.29, 1.82) is 0 Å². The molecule has 0 saturated carbocycles. The van der Waals surface area contributed by atoms with E-state index in [2.05, 4.69) is 5.32 Å². The highest BCUT2D eigenvalue weighted by Gasteiger charge is 2.33. The first-order valence-electron chi connectivity index (χ1n) is 7.75. The lowest BCUT2D eigenvalue weighted by atomic mass is 9.94. The van der Waals surface area contributed by atoms with Crippen molar-refractivity contribution in [2.45, 2.75) is 31.7 Å². The second kappa shape index (κ2) is 7.05. The predicted molar refractivity (Wildman–Crippen MR) is 106 cm³/mol. The van der Waals surface area contributed by atoms with Crippen LogP contribution in [0, 0.1) is 0 Å². The summed E-state index contributed by atoms with van der Waals surface area (Å²) in [5, 5.41) is 15.2. The quantitative estimate of drug-likeness (QED) is 0.594. The molecule has 0 saturated heterocycles. The molecule has 3 nitrogen and oxygen atoms in total. The third-order valence-electron chi connectivity index (χ3n) is 4.13. The molecule has 7 heteroatoms. The summed E-state index contributed by atoms with van der Waals surface area (Å²) in [6.07, 6.45) is 0.392. The smallest absolute Gasteiger partial charge is 0.137 e. The first-order valence-corrected chi connectivity index (χ1v) is 9.26. The number of hydrogen-bond acceptors (Lipinski definition) is 3. The molecule has 0 aliphatic heterocycles. The summed E-state index contributed by atoms with van der Waals surface area (Å²) in [6.45, 7) is 3.74. The summed E-state index contributed by atoms with van der Waals surface area (Å²) < 4.78 is 6.09. The summed E-state index contributed by atoms with van der Waals surface area (Å²) in [7, 11) is 0. The fourth-order valence-electron chi connectivity index (χ4n) is 2.76. The Morgan fingerprint density at radius 1 is 1.16 bits per heavy atom. The number of furan rings is 1. The zero-order valence-corrected chi connectivity index (χ0v) is 16.7. The minimum atomic E-state index is -0.548. The summed E-state index contributed by atoms with van der Waals surface area (Å²) in [4.78, 5) is 0. The van der Waals surface area contributed by atoms with Crippen LogP contribution in [0.25, 0.3) is 11.0 Å². The molecule has 1 aromatic carbocycles. The van der Waals surface area contributed by atoms with Gasteiger partial charge in [-0.05, 0) is 32.4 Å². The summed E-state index contributed by atoms with van der Waals surface area (Å²) in [5.74, 6) is 0.266. The van der Waals surface area contributed by atoms with E-state index in [1.54, 1.807) is 0 Å². The first-order chi connectivity index (χ1) is 11.7. The van der Waals surface area contributed by atoms with Gasteiger partial charge in [0.25, 0.3) is 0 Å². The van der Waals surface area contributed by atoms with Crippen molar-refractivity contribution in [3.63, 3.8) is 0 Å². The van der Waals surface area contributed by atoms with Crippen LogP contribution in [0.2, 0.25) is 0 Å². The molecule has 0 fully saturated rings. The molecule has 134 valence electrons. The number of anilines is 1. The van der Waals surface area contributed by atoms with Crippen molar-refractivity contribution in [2.75, 3.05) is 11.9 Å². The van der Waals surface area contributed by atoms with E-state index in [0.29, 0.717) is 27.8 Å². The molecule has 0 bridgehead atoms. The minimum Gasteiger partial charge on any atom is -0.458 e. The van der Waals surface area contributed by atoms with Gasteiger partial charge in [0.05, 0.1) is 33.8 Å². The maximum atomic E-state index is 9.64. The van der Waals surface area contributed by atoms with Crippen molar-refractivity contribution in [1.82, 2.24) is 0 Å². The summed E-state index contributed by atoms with van der Waals surface area (Å²) in [6, 6.07) is 7.65. The number of aliphatic hydroxyl groups excluding tert-OH is 1. The van der Waals surface area contributed by atoms with E-state index in [1.807, 2.05) is 38.1 Å². The van der Waals surface area contributed by atoms with Gasteiger partial charge in [-0.15, -0.1) is 0 Å². The number of rotatable bonds is 4. The van der Waals surface area contributed by atoms with Crippen LogP contribution >= 0.6 is 46.4 Å². The molecule has 1 heterocycles. The Kier molecular flexibility index (Phi) is 5.34. The molecule has 0 spiro atoms. The zero-order chi connectivity index (χ0) is 18.4. The van der Waals surface area contributed by atoms with Gasteiger partial charge in [-0.2, -0.15) is 0 Å². The SMILES string of the molecule is CC(C)(CO)Nc1c(C2CC(Cl)=C(Cl)C(Cl)=C2Cl)oc2ccccc12. The maximum absolute atomic E-state index is 9.64. The number of aliphatic hydroxyl groups is 1. The zero-order valence-electron chi connectivity index (χ0n) is 13.7. The van der Waals surface area contributed by atoms with Crippen molar-refractivity contribution < 1.29 is 9.52 Å². The van der Waals surface area contributed by atoms with Gasteiger partial charge in [-0.1, -0.05) is 58.5 Å². The lowest BCUT2D eigenvalue weighted by Crippen LogP contribution is -2.35. The molecule has 1 aliphatic carbocycles. The Balaban J connectivity index is 2.17. The maximum Gasteiger partial charge on any atom is 0.137 e. The molecule has 0 amide bonds. The summed E-state index contributed by atoms with van der Waals surface area (Å²) >= 11 is 25.1. The summed E-state index contributed by atoms with van der Waals surface area (Å²) in [5.41, 5.74) is 0.934. The van der Waals surface area contributed by atoms with Crippen LogP contribution in [0.5, 0.6) is 0 Å². The van der Waals surface area contributed by atoms with Gasteiger partial charge in [0.2, 0.25) is 0 Å². The number of nitrogens with one attached hydrogen (secondary N) is 1. The van der Waals surface area contributed by atoms with E-state index >= 15 is 0 Å². The fourth-order valence-corrected chi connectivity index (χ4v) is 3.80. The third kappa shape index (κ3) is 3.54. The van der Waals surface area contributed by atoms with Crippen molar-refractivity contribution in [2.24, 2.45) is 0 Å². The molecular formula is C18H17Cl4NO2. The molecule has 2 N–H and O–H groups in total. The lowest BCUT2D eigenvalue weighted by Gasteiger charge is -2.27. The highest BCUT2D eigenvalue weighted by Crippen LogP contribution is 2.50. The van der Waals surface area contributed by atoms with Crippen LogP contribution < -0.4 is 5.32 Å². The normalized spacial score (nSPS) is 19.1. The molecule has 0 radical (unpaired) electrons. The van der Waals surface area contributed by atoms with Crippen molar-refractivity contribution in [3.8, 4) is 0 Å². The Hall–Kier alpha value is -0.840. The van der Waals surface area contributed by atoms with Crippen LogP contribution in [0.1, 0.15) is 31.9 Å². The lowest BCUT2D eigenvalue weighted by molar-refractivity contribution is 0.234. The van der Waals surface area contributed by atoms with E-state index in [0.717, 1.165) is 11.1 Å². The Labute approximate surface area is 166 Å². The molecule has 25 heavy (non-hydrogen) atoms. The molecular weight excluding hydrogens is 404 g/mol. The first kappa shape index (κ1) is 18.9. The molecule has 1 atom stereocenters. The average molecular weight is 421 g/mol. The van der Waals surface area contributed by atoms with Crippen LogP contribution in [-0.4, -0.2) is 17.3 Å². The van der Waals surface area contributed by atoms with Gasteiger partial charge in [-0.3, -0.25) is 0 Å². The number of allylic oxidation sites excluding steroid dienone is 4. The molecule has 1 aliphatic rings. The molecule has 1 aromatic heterocycles. The molecule has 1 unspecified atom stereocenters. The predicted octanol–water partition coefficient (Wildman–Crippen LogP) is 6.48. The second-order valence-corrected chi connectivity index (χ2v) is 8.26. The average Bonchev–Trinajstić information content (AvgIpc) is 2.94. The number of benzene rings is 1. The van der Waals surface area contributed by atoms with Crippen molar-refractivity contribution >= 4 is 63.1 Å². The van der Waals surface area contributed by atoms with E-state index in [1.165, 1.54) is 0 Å². The van der Waals surface area contributed by atoms with Gasteiger partial charge in [0.1, 0.15) is 11.3 Å². The number of halogens is 4. The highest BCUT2D eigenvalue weighted by atomic mass is 35.5. The minimum absolute atomic E-state index is 0.0482. The molecule has 2 aromatic rings. The number of fused-ring (bicyclic) bond motifs is 1. The van der Waals surface area contributed by atoms with E-state index in [9.17, 15) is 5.11 Å². The van der Waals surface area contributed by atoms with Crippen LogP contribution in [-0.2, 0) is 0 Å². The van der Waals surface area contributed by atoms with Crippen LogP contribution in [0.4, 0.5) is 5.69 Å². The number of para-hydroxylation sites is 1. The Bertz CT molecular complexity index is 882. The third-order valence-corrected chi connectivity index (χ3v) is 6.02. The van der Waals surface area contributed by atoms with Gasteiger partial charge in [0.15, 0.2) is 0 Å². The Morgan fingerprint density at radius 3 is 2.52 bits per heavy atom.